The van der Waals surface area contributed by atoms with Gasteiger partial charge in [0, 0.05) is 16.5 Å². The summed E-state index contributed by atoms with van der Waals surface area (Å²) in [5, 5.41) is 1.07. The number of benzene rings is 5. The molecule has 0 aliphatic rings. The van der Waals surface area contributed by atoms with Gasteiger partial charge in [0.2, 0.25) is 0 Å². The molecule has 0 N–H and O–H groups in total. The molecule has 2 aromatic heterocycles. The van der Waals surface area contributed by atoms with Crippen molar-refractivity contribution in [1.82, 2.24) is 9.55 Å². The Kier molecular flexibility index (Phi) is 6.09. The van der Waals surface area contributed by atoms with E-state index in [1.807, 2.05) is 6.26 Å². The Balaban J connectivity index is 1.53. The van der Waals surface area contributed by atoms with Gasteiger partial charge < -0.3 is 4.42 Å². The molecular weight excluding hydrogens is 500 g/mol. The summed E-state index contributed by atoms with van der Waals surface area (Å²) in [4.78, 5) is 5.24. The zero-order valence-corrected chi connectivity index (χ0v) is 23.6. The third kappa shape index (κ3) is 4.64. The molecule has 0 aliphatic heterocycles. The van der Waals surface area contributed by atoms with Gasteiger partial charge in [-0.25, -0.2) is 4.98 Å². The summed E-state index contributed by atoms with van der Waals surface area (Å²) in [6, 6.07) is 42.8. The topological polar surface area (TPSA) is 31.0 Å². The predicted octanol–water partition coefficient (Wildman–Crippen LogP) is 10.4. The molecular formula is C38H32N2O. The minimum absolute atomic E-state index is 0.200. The van der Waals surface area contributed by atoms with Crippen LogP contribution >= 0.6 is 0 Å². The van der Waals surface area contributed by atoms with Crippen LogP contribution in [0.1, 0.15) is 26.3 Å². The second-order valence-electron chi connectivity index (χ2n) is 11.9. The lowest BCUT2D eigenvalue weighted by molar-refractivity contribution is 0.411. The van der Waals surface area contributed by atoms with Crippen LogP contribution in [0.5, 0.6) is 0 Å². The molecule has 3 heteroatoms. The molecule has 0 bridgehead atoms. The van der Waals surface area contributed by atoms with Gasteiger partial charge in [-0.3, -0.25) is 4.57 Å². The molecule has 41 heavy (non-hydrogen) atoms. The third-order valence-electron chi connectivity index (χ3n) is 7.61. The van der Waals surface area contributed by atoms with Crippen molar-refractivity contribution in [1.29, 1.82) is 0 Å². The van der Waals surface area contributed by atoms with Gasteiger partial charge in [-0.05, 0) is 46.7 Å². The van der Waals surface area contributed by atoms with Crippen molar-refractivity contribution in [3.63, 3.8) is 0 Å². The van der Waals surface area contributed by atoms with Crippen molar-refractivity contribution in [2.24, 2.45) is 5.41 Å². The zero-order chi connectivity index (χ0) is 28.0. The van der Waals surface area contributed by atoms with Crippen LogP contribution < -0.4 is 0 Å². The summed E-state index contributed by atoms with van der Waals surface area (Å²) in [7, 11) is 0. The Labute approximate surface area is 240 Å². The maximum Gasteiger partial charge on any atom is 0.149 e. The number of fused-ring (bicyclic) bond motifs is 2. The maximum absolute atomic E-state index is 6.22. The average Bonchev–Trinajstić information content (AvgIpc) is 3.58. The van der Waals surface area contributed by atoms with Crippen LogP contribution in [0.2, 0.25) is 0 Å². The lowest BCUT2D eigenvalue weighted by Gasteiger charge is -2.19. The third-order valence-corrected chi connectivity index (χ3v) is 7.61. The number of imidazole rings is 1. The Morgan fingerprint density at radius 2 is 1.29 bits per heavy atom. The molecule has 3 nitrogen and oxygen atoms in total. The van der Waals surface area contributed by atoms with Gasteiger partial charge in [-0.2, -0.15) is 0 Å². The largest absolute Gasteiger partial charge is 0.464 e. The quantitative estimate of drug-likeness (QED) is 0.221. The van der Waals surface area contributed by atoms with E-state index >= 15 is 0 Å². The molecule has 0 fully saturated rings. The van der Waals surface area contributed by atoms with E-state index in [9.17, 15) is 0 Å². The Bertz CT molecular complexity index is 1930. The summed E-state index contributed by atoms with van der Waals surface area (Å²) in [6.07, 6.45) is 2.86. The SMILES string of the molecule is CC(C)(C)Cc1ccc2c(-c3nc4ccccc4n3-c3c(-c4ccccc4)cccc3-c3ccccc3)coc2c1. The molecule has 7 rings (SSSR count). The number of rotatable bonds is 5. The van der Waals surface area contributed by atoms with Crippen LogP contribution in [0.15, 0.2) is 132 Å². The fraction of sp³-hybridized carbons (Fsp3) is 0.132. The van der Waals surface area contributed by atoms with Gasteiger partial charge in [0.05, 0.1) is 22.3 Å². The van der Waals surface area contributed by atoms with E-state index in [1.54, 1.807) is 0 Å². The predicted molar refractivity (Wildman–Crippen MR) is 170 cm³/mol. The first-order valence-corrected chi connectivity index (χ1v) is 14.2. The van der Waals surface area contributed by atoms with Gasteiger partial charge in [-0.15, -0.1) is 0 Å². The molecule has 0 unspecified atom stereocenters. The van der Waals surface area contributed by atoms with Gasteiger partial charge in [0.25, 0.3) is 0 Å². The zero-order valence-electron chi connectivity index (χ0n) is 23.6. The highest BCUT2D eigenvalue weighted by Crippen LogP contribution is 2.42. The highest BCUT2D eigenvalue weighted by Gasteiger charge is 2.23. The molecule has 0 saturated carbocycles. The summed E-state index contributed by atoms with van der Waals surface area (Å²) < 4.78 is 8.55. The van der Waals surface area contributed by atoms with E-state index in [4.69, 9.17) is 9.40 Å². The second kappa shape index (κ2) is 9.94. The van der Waals surface area contributed by atoms with Gasteiger partial charge in [-0.1, -0.05) is 124 Å². The fourth-order valence-electron chi connectivity index (χ4n) is 5.89. The molecule has 0 saturated heterocycles. The van der Waals surface area contributed by atoms with Crippen molar-refractivity contribution in [3.8, 4) is 39.3 Å². The summed E-state index contributed by atoms with van der Waals surface area (Å²) in [5.41, 5.74) is 11.1. The van der Waals surface area contributed by atoms with Crippen LogP contribution in [-0.4, -0.2) is 9.55 Å². The van der Waals surface area contributed by atoms with E-state index in [0.29, 0.717) is 0 Å². The van der Waals surface area contributed by atoms with Crippen molar-refractivity contribution >= 4 is 22.0 Å². The van der Waals surface area contributed by atoms with Crippen LogP contribution in [0.4, 0.5) is 0 Å². The molecule has 0 amide bonds. The van der Waals surface area contributed by atoms with E-state index in [2.05, 4.69) is 147 Å². The number of furan rings is 1. The molecule has 7 aromatic rings. The number of aromatic nitrogens is 2. The number of hydrogen-bond donors (Lipinski definition) is 0. The maximum atomic E-state index is 6.22. The van der Waals surface area contributed by atoms with Gasteiger partial charge in [0.15, 0.2) is 0 Å². The van der Waals surface area contributed by atoms with Crippen LogP contribution in [0.3, 0.4) is 0 Å². The first-order valence-electron chi connectivity index (χ1n) is 14.2. The summed E-state index contributed by atoms with van der Waals surface area (Å²) >= 11 is 0. The minimum Gasteiger partial charge on any atom is -0.464 e. The van der Waals surface area contributed by atoms with Crippen molar-refractivity contribution < 1.29 is 4.42 Å². The molecule has 2 heterocycles. The number of para-hydroxylation sites is 3. The van der Waals surface area contributed by atoms with Crippen LogP contribution in [0, 0.1) is 5.41 Å². The highest BCUT2D eigenvalue weighted by molar-refractivity contribution is 5.98. The van der Waals surface area contributed by atoms with Crippen molar-refractivity contribution in [2.75, 3.05) is 0 Å². The van der Waals surface area contributed by atoms with Gasteiger partial charge in [0.1, 0.15) is 17.7 Å². The Hall–Kier alpha value is -4.89. The monoisotopic (exact) mass is 532 g/mol. The van der Waals surface area contributed by atoms with E-state index in [-0.39, 0.29) is 5.41 Å². The molecule has 5 aromatic carbocycles. The average molecular weight is 533 g/mol. The lowest BCUT2D eigenvalue weighted by Crippen LogP contribution is -2.08. The lowest BCUT2D eigenvalue weighted by atomic mass is 9.88. The van der Waals surface area contributed by atoms with E-state index < -0.39 is 0 Å². The first kappa shape index (κ1) is 25.1. The normalized spacial score (nSPS) is 11.9. The van der Waals surface area contributed by atoms with E-state index in [0.717, 1.165) is 67.8 Å². The van der Waals surface area contributed by atoms with Crippen molar-refractivity contribution in [2.45, 2.75) is 27.2 Å². The Morgan fingerprint density at radius 1 is 0.659 bits per heavy atom. The summed E-state index contributed by atoms with van der Waals surface area (Å²) in [5.74, 6) is 0.870. The van der Waals surface area contributed by atoms with Crippen LogP contribution in [0.25, 0.3) is 61.3 Å². The highest BCUT2D eigenvalue weighted by atomic mass is 16.3. The number of nitrogens with zero attached hydrogens (tertiary/aromatic N) is 2. The fourth-order valence-corrected chi connectivity index (χ4v) is 5.89. The van der Waals surface area contributed by atoms with Crippen LogP contribution in [-0.2, 0) is 6.42 Å². The van der Waals surface area contributed by atoms with Crippen molar-refractivity contribution in [3.05, 3.63) is 133 Å². The molecule has 200 valence electrons. The smallest absolute Gasteiger partial charge is 0.149 e. The second-order valence-corrected chi connectivity index (χ2v) is 11.9. The van der Waals surface area contributed by atoms with E-state index in [1.165, 1.54) is 5.56 Å². The van der Waals surface area contributed by atoms with Gasteiger partial charge >= 0.3 is 0 Å². The molecule has 0 radical (unpaired) electrons. The Morgan fingerprint density at radius 3 is 1.95 bits per heavy atom. The molecule has 0 atom stereocenters. The standard InChI is InChI=1S/C38H32N2O/c1-38(2,3)24-26-21-22-31-32(25-41-35(31)23-26)37-39-33-19-10-11-20-34(33)40(37)36-29(27-13-6-4-7-14-27)17-12-18-30(36)28-15-8-5-9-16-28/h4-23,25H,24H2,1-3H3. The number of hydrogen-bond acceptors (Lipinski definition) is 2. The first-order chi connectivity index (χ1) is 20.0. The summed E-state index contributed by atoms with van der Waals surface area (Å²) in [6.45, 7) is 6.80. The molecule has 0 aliphatic carbocycles. The molecule has 0 spiro atoms. The minimum atomic E-state index is 0.200.